The molecule has 1 N–H and O–H groups in total. The van der Waals surface area contributed by atoms with E-state index in [0.29, 0.717) is 24.7 Å². The summed E-state index contributed by atoms with van der Waals surface area (Å²) in [4.78, 5) is 27.2. The normalized spacial score (nSPS) is 22.7. The van der Waals surface area contributed by atoms with Crippen LogP contribution in [0.25, 0.3) is 0 Å². The first-order chi connectivity index (χ1) is 14.3. The van der Waals surface area contributed by atoms with E-state index in [-0.39, 0.29) is 11.1 Å². The van der Waals surface area contributed by atoms with Crippen LogP contribution >= 0.6 is 11.8 Å². The van der Waals surface area contributed by atoms with Gasteiger partial charge in [0.2, 0.25) is 0 Å². The molecule has 1 aromatic carbocycles. The van der Waals surface area contributed by atoms with Crippen molar-refractivity contribution in [1.82, 2.24) is 4.90 Å². The summed E-state index contributed by atoms with van der Waals surface area (Å²) in [5, 5.41) is 2.53. The largest absolute Gasteiger partial charge is 0.464 e. The number of halogens is 3. The van der Waals surface area contributed by atoms with Crippen molar-refractivity contribution in [1.29, 1.82) is 0 Å². The first kappa shape index (κ1) is 22.8. The lowest BCUT2D eigenvalue weighted by Crippen LogP contribution is -2.50. The summed E-state index contributed by atoms with van der Waals surface area (Å²) in [5.41, 5.74) is -0.522. The molecular weight excluding hydrogens is 417 g/mol. The Morgan fingerprint density at radius 3 is 2.43 bits per heavy atom. The number of anilines is 1. The topological polar surface area (TPSA) is 58.6 Å². The van der Waals surface area contributed by atoms with Gasteiger partial charge in [0.1, 0.15) is 6.04 Å². The molecule has 9 heteroatoms. The molecule has 1 aliphatic carbocycles. The number of benzene rings is 1. The second-order valence-electron chi connectivity index (χ2n) is 7.72. The zero-order valence-electron chi connectivity index (χ0n) is 16.9. The fraction of sp³-hybridized carbons (Fsp3) is 0.619. The van der Waals surface area contributed by atoms with Crippen molar-refractivity contribution in [3.8, 4) is 0 Å². The smallest absolute Gasteiger partial charge is 0.416 e. The van der Waals surface area contributed by atoms with E-state index in [0.717, 1.165) is 37.8 Å². The quantitative estimate of drug-likeness (QED) is 0.608. The number of esters is 1. The number of alkyl halides is 3. The van der Waals surface area contributed by atoms with E-state index in [4.69, 9.17) is 4.74 Å². The molecule has 2 fully saturated rings. The van der Waals surface area contributed by atoms with E-state index in [1.165, 1.54) is 18.6 Å². The average molecular weight is 445 g/mol. The molecule has 0 bridgehead atoms. The predicted molar refractivity (Wildman–Crippen MR) is 110 cm³/mol. The van der Waals surface area contributed by atoms with Crippen LogP contribution < -0.4 is 5.32 Å². The Balaban J connectivity index is 1.76. The molecule has 0 aromatic heterocycles. The van der Waals surface area contributed by atoms with Crippen molar-refractivity contribution in [2.45, 2.75) is 63.0 Å². The van der Waals surface area contributed by atoms with Crippen molar-refractivity contribution in [3.05, 3.63) is 29.8 Å². The number of carbonyl (C=O) groups excluding carboxylic acids is 2. The number of nitrogens with one attached hydrogen (secondary N) is 1. The average Bonchev–Trinajstić information content (AvgIpc) is 3.18. The zero-order chi connectivity index (χ0) is 21.7. The van der Waals surface area contributed by atoms with Gasteiger partial charge in [-0.25, -0.2) is 9.59 Å². The summed E-state index contributed by atoms with van der Waals surface area (Å²) in [6.45, 7) is 2.19. The lowest BCUT2D eigenvalue weighted by Gasteiger charge is -2.35. The Kier molecular flexibility index (Phi) is 7.55. The number of amides is 2. The fourth-order valence-corrected chi connectivity index (χ4v) is 5.60. The van der Waals surface area contributed by atoms with Gasteiger partial charge in [0, 0.05) is 11.4 Å². The van der Waals surface area contributed by atoms with Crippen LogP contribution in [0.2, 0.25) is 0 Å². The second-order valence-corrected chi connectivity index (χ2v) is 8.87. The molecule has 2 atom stereocenters. The maximum Gasteiger partial charge on any atom is 0.416 e. The van der Waals surface area contributed by atoms with Gasteiger partial charge in [-0.3, -0.25) is 4.90 Å². The molecular formula is C21H27F3N2O3S. The molecule has 3 rings (SSSR count). The number of hydrogen-bond acceptors (Lipinski definition) is 4. The highest BCUT2D eigenvalue weighted by molar-refractivity contribution is 8.00. The van der Waals surface area contributed by atoms with Crippen LogP contribution in [0.3, 0.4) is 0 Å². The van der Waals surface area contributed by atoms with E-state index >= 15 is 0 Å². The Labute approximate surface area is 178 Å². The Bertz CT molecular complexity index is 736. The zero-order valence-corrected chi connectivity index (χ0v) is 17.7. The predicted octanol–water partition coefficient (Wildman–Crippen LogP) is 5.51. The maximum absolute atomic E-state index is 13.1. The molecule has 0 spiro atoms. The molecule has 1 saturated heterocycles. The Morgan fingerprint density at radius 1 is 1.17 bits per heavy atom. The maximum atomic E-state index is 13.1. The number of rotatable bonds is 5. The van der Waals surface area contributed by atoms with Crippen LogP contribution in [-0.2, 0) is 15.7 Å². The summed E-state index contributed by atoms with van der Waals surface area (Å²) in [6.07, 6.45) is 1.62. The molecule has 1 heterocycles. The van der Waals surface area contributed by atoms with Crippen molar-refractivity contribution < 1.29 is 27.5 Å². The molecule has 2 aliphatic rings. The van der Waals surface area contributed by atoms with Gasteiger partial charge in [-0.15, -0.1) is 11.8 Å². The third-order valence-corrected chi connectivity index (χ3v) is 6.97. The van der Waals surface area contributed by atoms with Crippen molar-refractivity contribution in [3.63, 3.8) is 0 Å². The van der Waals surface area contributed by atoms with Crippen LogP contribution in [0.15, 0.2) is 24.3 Å². The van der Waals surface area contributed by atoms with Gasteiger partial charge in [-0.05, 0) is 49.4 Å². The fourth-order valence-electron chi connectivity index (χ4n) is 3.98. The highest BCUT2D eigenvalue weighted by atomic mass is 32.2. The van der Waals surface area contributed by atoms with Gasteiger partial charge in [-0.1, -0.05) is 26.2 Å². The summed E-state index contributed by atoms with van der Waals surface area (Å²) in [6, 6.07) is 3.14. The molecule has 30 heavy (non-hydrogen) atoms. The van der Waals surface area contributed by atoms with E-state index in [9.17, 15) is 22.8 Å². The molecule has 1 aromatic rings. The van der Waals surface area contributed by atoms with E-state index in [1.807, 2.05) is 6.92 Å². The minimum atomic E-state index is -4.44. The molecule has 2 unspecified atom stereocenters. The number of urea groups is 1. The first-order valence-corrected chi connectivity index (χ1v) is 11.4. The van der Waals surface area contributed by atoms with Crippen LogP contribution in [-0.4, -0.2) is 40.7 Å². The third kappa shape index (κ3) is 5.42. The van der Waals surface area contributed by atoms with Crippen LogP contribution in [0, 0.1) is 5.92 Å². The van der Waals surface area contributed by atoms with Crippen molar-refractivity contribution >= 4 is 29.4 Å². The number of nitrogens with zero attached hydrogens (tertiary/aromatic N) is 1. The Morgan fingerprint density at radius 2 is 1.83 bits per heavy atom. The molecule has 166 valence electrons. The summed E-state index contributed by atoms with van der Waals surface area (Å²) >= 11 is 1.59. The van der Waals surface area contributed by atoms with Gasteiger partial charge in [0.25, 0.3) is 0 Å². The number of hydrogen-bond donors (Lipinski definition) is 1. The van der Waals surface area contributed by atoms with Gasteiger partial charge in [0.15, 0.2) is 0 Å². The minimum absolute atomic E-state index is 0.140. The van der Waals surface area contributed by atoms with Crippen molar-refractivity contribution in [2.24, 2.45) is 5.92 Å². The summed E-state index contributed by atoms with van der Waals surface area (Å²) in [7, 11) is 0. The number of ether oxygens (including phenoxy) is 1. The first-order valence-electron chi connectivity index (χ1n) is 10.4. The van der Waals surface area contributed by atoms with E-state index in [2.05, 4.69) is 5.32 Å². The molecule has 1 aliphatic heterocycles. The number of carbonyl (C=O) groups is 2. The monoisotopic (exact) mass is 444 g/mol. The van der Waals surface area contributed by atoms with Crippen LogP contribution in [0.4, 0.5) is 23.7 Å². The number of thioether (sulfide) groups is 1. The molecule has 0 radical (unpaired) electrons. The van der Waals surface area contributed by atoms with Crippen molar-refractivity contribution in [2.75, 3.05) is 17.7 Å². The lowest BCUT2D eigenvalue weighted by atomic mass is 9.88. The third-order valence-electron chi connectivity index (χ3n) is 5.51. The highest BCUT2D eigenvalue weighted by Crippen LogP contribution is 2.41. The van der Waals surface area contributed by atoms with E-state index < -0.39 is 29.8 Å². The SMILES string of the molecule is CCCOC(=O)C1CSC(C2CCCCC2)N1C(=O)Nc1ccc(C(F)(F)F)cc1. The standard InChI is InChI=1S/C21H27F3N2O3S/c1-2-12-29-19(27)17-13-30-18(14-6-4-3-5-7-14)26(17)20(28)25-16-10-8-15(9-11-16)21(22,23)24/h8-11,14,17-18H,2-7,12-13H2,1H3,(H,25,28). The van der Waals surface area contributed by atoms with Gasteiger partial charge < -0.3 is 10.1 Å². The van der Waals surface area contributed by atoms with Gasteiger partial charge >= 0.3 is 18.2 Å². The highest BCUT2D eigenvalue weighted by Gasteiger charge is 2.45. The second kappa shape index (κ2) is 9.94. The summed E-state index contributed by atoms with van der Waals surface area (Å²) in [5.74, 6) is 0.334. The molecule has 1 saturated carbocycles. The lowest BCUT2D eigenvalue weighted by molar-refractivity contribution is -0.148. The summed E-state index contributed by atoms with van der Waals surface area (Å²) < 4.78 is 43.6. The van der Waals surface area contributed by atoms with Crippen LogP contribution in [0.1, 0.15) is 51.0 Å². The van der Waals surface area contributed by atoms with Gasteiger partial charge in [0.05, 0.1) is 17.5 Å². The Hall–Kier alpha value is -1.90. The van der Waals surface area contributed by atoms with Gasteiger partial charge in [-0.2, -0.15) is 13.2 Å². The molecule has 5 nitrogen and oxygen atoms in total. The minimum Gasteiger partial charge on any atom is -0.464 e. The molecule has 2 amide bonds. The van der Waals surface area contributed by atoms with Crippen LogP contribution in [0.5, 0.6) is 0 Å². The van der Waals surface area contributed by atoms with E-state index in [1.54, 1.807) is 16.7 Å².